The minimum absolute atomic E-state index is 0.131. The number of hydrogen-bond donors (Lipinski definition) is 2. The zero-order valence-electron chi connectivity index (χ0n) is 8.38. The molecule has 82 valence electrons. The maximum absolute atomic E-state index is 11.6. The van der Waals surface area contributed by atoms with Crippen LogP contribution in [-0.4, -0.2) is 16.0 Å². The van der Waals surface area contributed by atoms with E-state index >= 15 is 0 Å². The number of phenols is 1. The lowest BCUT2D eigenvalue weighted by Gasteiger charge is -2.03. The SMILES string of the molecule is O=C(Cc1cscn1)Nc1cccc(O)c1. The Kier molecular flexibility index (Phi) is 3.16. The lowest BCUT2D eigenvalue weighted by Crippen LogP contribution is -2.14. The summed E-state index contributed by atoms with van der Waals surface area (Å²) >= 11 is 1.46. The third-order valence-electron chi connectivity index (χ3n) is 1.96. The van der Waals surface area contributed by atoms with Gasteiger partial charge in [-0.15, -0.1) is 11.3 Å². The fourth-order valence-corrected chi connectivity index (χ4v) is 1.84. The second-order valence-electron chi connectivity index (χ2n) is 3.26. The first kappa shape index (κ1) is 10.6. The minimum atomic E-state index is -0.142. The van der Waals surface area contributed by atoms with E-state index < -0.39 is 0 Å². The van der Waals surface area contributed by atoms with Gasteiger partial charge in [0.1, 0.15) is 5.75 Å². The molecule has 2 aromatic rings. The van der Waals surface area contributed by atoms with Crippen LogP contribution in [0.15, 0.2) is 35.2 Å². The second kappa shape index (κ2) is 4.76. The van der Waals surface area contributed by atoms with Crippen molar-refractivity contribution >= 4 is 22.9 Å². The van der Waals surface area contributed by atoms with E-state index in [0.717, 1.165) is 5.69 Å². The largest absolute Gasteiger partial charge is 0.508 e. The third-order valence-corrected chi connectivity index (χ3v) is 2.59. The number of nitrogens with one attached hydrogen (secondary N) is 1. The lowest BCUT2D eigenvalue weighted by molar-refractivity contribution is -0.115. The maximum Gasteiger partial charge on any atom is 0.230 e. The van der Waals surface area contributed by atoms with Gasteiger partial charge in [-0.1, -0.05) is 6.07 Å². The number of benzene rings is 1. The van der Waals surface area contributed by atoms with Crippen LogP contribution in [0.3, 0.4) is 0 Å². The van der Waals surface area contributed by atoms with E-state index in [2.05, 4.69) is 10.3 Å². The van der Waals surface area contributed by atoms with Crippen LogP contribution < -0.4 is 5.32 Å². The molecule has 1 heterocycles. The van der Waals surface area contributed by atoms with Crippen LogP contribution in [0.5, 0.6) is 5.75 Å². The summed E-state index contributed by atoms with van der Waals surface area (Å²) in [5, 5.41) is 13.7. The van der Waals surface area contributed by atoms with Crippen LogP contribution in [-0.2, 0) is 11.2 Å². The van der Waals surface area contributed by atoms with Crippen molar-refractivity contribution in [2.45, 2.75) is 6.42 Å². The fraction of sp³-hybridized carbons (Fsp3) is 0.0909. The second-order valence-corrected chi connectivity index (χ2v) is 3.97. The highest BCUT2D eigenvalue weighted by Crippen LogP contribution is 2.15. The average Bonchev–Trinajstić information content (AvgIpc) is 2.70. The number of hydrogen-bond acceptors (Lipinski definition) is 4. The van der Waals surface area contributed by atoms with Crippen molar-refractivity contribution < 1.29 is 9.90 Å². The molecule has 1 amide bonds. The molecular formula is C11H10N2O2S. The molecule has 4 nitrogen and oxygen atoms in total. The molecule has 0 aliphatic carbocycles. The van der Waals surface area contributed by atoms with E-state index in [0.29, 0.717) is 5.69 Å². The van der Waals surface area contributed by atoms with Crippen molar-refractivity contribution in [3.8, 4) is 5.75 Å². The first-order chi connectivity index (χ1) is 7.74. The molecule has 0 aliphatic heterocycles. The van der Waals surface area contributed by atoms with Crippen LogP contribution in [0, 0.1) is 0 Å². The summed E-state index contributed by atoms with van der Waals surface area (Å²) in [6.07, 6.45) is 0.249. The van der Waals surface area contributed by atoms with E-state index in [9.17, 15) is 9.90 Å². The molecule has 0 fully saturated rings. The van der Waals surface area contributed by atoms with Gasteiger partial charge < -0.3 is 10.4 Å². The van der Waals surface area contributed by atoms with Gasteiger partial charge in [-0.3, -0.25) is 4.79 Å². The van der Waals surface area contributed by atoms with Crippen LogP contribution in [0.2, 0.25) is 0 Å². The van der Waals surface area contributed by atoms with Crippen molar-refractivity contribution in [3.63, 3.8) is 0 Å². The molecule has 0 spiro atoms. The fourth-order valence-electron chi connectivity index (χ4n) is 1.28. The van der Waals surface area contributed by atoms with Crippen molar-refractivity contribution in [2.75, 3.05) is 5.32 Å². The third kappa shape index (κ3) is 2.80. The molecule has 16 heavy (non-hydrogen) atoms. The van der Waals surface area contributed by atoms with Gasteiger partial charge in [0, 0.05) is 17.1 Å². The van der Waals surface area contributed by atoms with E-state index in [1.807, 2.05) is 5.38 Å². The first-order valence-electron chi connectivity index (χ1n) is 4.70. The molecule has 1 aromatic carbocycles. The van der Waals surface area contributed by atoms with Crippen LogP contribution in [0.25, 0.3) is 0 Å². The first-order valence-corrected chi connectivity index (χ1v) is 5.64. The minimum Gasteiger partial charge on any atom is -0.508 e. The normalized spacial score (nSPS) is 10.0. The molecule has 2 N–H and O–H groups in total. The Morgan fingerprint density at radius 3 is 3.06 bits per heavy atom. The standard InChI is InChI=1S/C11H10N2O2S/c14-10-3-1-2-8(4-10)13-11(15)5-9-6-16-7-12-9/h1-4,6-7,14H,5H2,(H,13,15). The maximum atomic E-state index is 11.6. The number of aromatic nitrogens is 1. The number of nitrogens with zero attached hydrogens (tertiary/aromatic N) is 1. The Bertz CT molecular complexity index is 482. The van der Waals surface area contributed by atoms with Gasteiger partial charge in [-0.2, -0.15) is 0 Å². The zero-order valence-corrected chi connectivity index (χ0v) is 9.20. The number of rotatable bonds is 3. The van der Waals surface area contributed by atoms with Gasteiger partial charge >= 0.3 is 0 Å². The van der Waals surface area contributed by atoms with E-state index in [1.165, 1.54) is 17.4 Å². The number of carbonyl (C=O) groups is 1. The monoisotopic (exact) mass is 234 g/mol. The number of carbonyl (C=O) groups excluding carboxylic acids is 1. The summed E-state index contributed by atoms with van der Waals surface area (Å²) < 4.78 is 0. The molecule has 0 atom stereocenters. The van der Waals surface area contributed by atoms with Crippen molar-refractivity contribution in [3.05, 3.63) is 40.8 Å². The van der Waals surface area contributed by atoms with Crippen molar-refractivity contribution in [1.29, 1.82) is 0 Å². The summed E-state index contributed by atoms with van der Waals surface area (Å²) in [7, 11) is 0. The number of amides is 1. The summed E-state index contributed by atoms with van der Waals surface area (Å²) in [4.78, 5) is 15.6. The highest BCUT2D eigenvalue weighted by molar-refractivity contribution is 7.07. The highest BCUT2D eigenvalue weighted by Gasteiger charge is 2.05. The van der Waals surface area contributed by atoms with Crippen LogP contribution >= 0.6 is 11.3 Å². The van der Waals surface area contributed by atoms with Gasteiger partial charge in [0.05, 0.1) is 17.6 Å². The molecule has 5 heteroatoms. The molecule has 0 saturated heterocycles. The van der Waals surface area contributed by atoms with Crippen molar-refractivity contribution in [2.24, 2.45) is 0 Å². The van der Waals surface area contributed by atoms with Gasteiger partial charge in [-0.05, 0) is 12.1 Å². The van der Waals surface area contributed by atoms with Gasteiger partial charge in [0.15, 0.2) is 0 Å². The average molecular weight is 234 g/mol. The van der Waals surface area contributed by atoms with E-state index in [4.69, 9.17) is 0 Å². The van der Waals surface area contributed by atoms with Gasteiger partial charge in [0.2, 0.25) is 5.91 Å². The summed E-state index contributed by atoms with van der Waals surface area (Å²) in [5.74, 6) is -0.0111. The topological polar surface area (TPSA) is 62.2 Å². The molecule has 0 saturated carbocycles. The molecule has 0 bridgehead atoms. The summed E-state index contributed by atoms with van der Waals surface area (Å²) in [6.45, 7) is 0. The highest BCUT2D eigenvalue weighted by atomic mass is 32.1. The Hall–Kier alpha value is -1.88. The molecule has 0 aliphatic rings. The molecular weight excluding hydrogens is 224 g/mol. The Balaban J connectivity index is 1.97. The smallest absolute Gasteiger partial charge is 0.230 e. The Labute approximate surface area is 96.6 Å². The number of aromatic hydroxyl groups is 1. The Morgan fingerprint density at radius 1 is 1.50 bits per heavy atom. The predicted octanol–water partition coefficient (Wildman–Crippen LogP) is 2.03. The summed E-state index contributed by atoms with van der Waals surface area (Å²) in [6, 6.07) is 6.45. The molecule has 2 rings (SSSR count). The summed E-state index contributed by atoms with van der Waals surface area (Å²) in [5.41, 5.74) is 3.03. The van der Waals surface area contributed by atoms with Gasteiger partial charge in [0.25, 0.3) is 0 Å². The Morgan fingerprint density at radius 2 is 2.38 bits per heavy atom. The zero-order chi connectivity index (χ0) is 11.4. The number of phenolic OH excluding ortho intramolecular Hbond substituents is 1. The van der Waals surface area contributed by atoms with Gasteiger partial charge in [-0.25, -0.2) is 4.98 Å². The van der Waals surface area contributed by atoms with E-state index in [1.54, 1.807) is 23.7 Å². The molecule has 0 unspecified atom stereocenters. The number of thiazole rings is 1. The van der Waals surface area contributed by atoms with E-state index in [-0.39, 0.29) is 18.1 Å². The predicted molar refractivity (Wildman–Crippen MR) is 62.6 cm³/mol. The molecule has 1 aromatic heterocycles. The molecule has 0 radical (unpaired) electrons. The van der Waals surface area contributed by atoms with Crippen LogP contribution in [0.4, 0.5) is 5.69 Å². The quantitative estimate of drug-likeness (QED) is 0.854. The van der Waals surface area contributed by atoms with Crippen LogP contribution in [0.1, 0.15) is 5.69 Å². The van der Waals surface area contributed by atoms with Crippen molar-refractivity contribution in [1.82, 2.24) is 4.98 Å². The number of anilines is 1. The lowest BCUT2D eigenvalue weighted by atomic mass is 10.2.